The van der Waals surface area contributed by atoms with Crippen molar-refractivity contribution in [2.45, 2.75) is 52.6 Å². The Labute approximate surface area is 91.4 Å². The number of ketones is 1. The summed E-state index contributed by atoms with van der Waals surface area (Å²) in [7, 11) is 0. The lowest BCUT2D eigenvalue weighted by Gasteiger charge is -2.49. The van der Waals surface area contributed by atoms with Crippen LogP contribution in [0.3, 0.4) is 0 Å². The number of hydrogen-bond donors (Lipinski definition) is 1. The minimum absolute atomic E-state index is 0.233. The second-order valence-electron chi connectivity index (χ2n) is 5.69. The van der Waals surface area contributed by atoms with E-state index in [-0.39, 0.29) is 16.9 Å². The molecule has 0 aromatic heterocycles. The van der Waals surface area contributed by atoms with E-state index in [0.29, 0.717) is 12.2 Å². The van der Waals surface area contributed by atoms with Crippen molar-refractivity contribution in [3.05, 3.63) is 11.6 Å². The lowest BCUT2D eigenvalue weighted by atomic mass is 9.55. The van der Waals surface area contributed by atoms with Crippen LogP contribution in [0.2, 0.25) is 0 Å². The van der Waals surface area contributed by atoms with Crippen molar-refractivity contribution in [1.29, 1.82) is 0 Å². The van der Waals surface area contributed by atoms with Crippen molar-refractivity contribution in [3.63, 3.8) is 0 Å². The molecule has 0 amide bonds. The van der Waals surface area contributed by atoms with E-state index in [1.807, 2.05) is 6.92 Å². The van der Waals surface area contributed by atoms with Crippen molar-refractivity contribution in [1.82, 2.24) is 0 Å². The predicted molar refractivity (Wildman–Crippen MR) is 59.5 cm³/mol. The van der Waals surface area contributed by atoms with Gasteiger partial charge in [0.05, 0.1) is 6.10 Å². The molecule has 2 atom stereocenters. The fourth-order valence-electron chi connectivity index (χ4n) is 3.21. The third kappa shape index (κ3) is 1.38. The molecule has 0 unspecified atom stereocenters. The van der Waals surface area contributed by atoms with Crippen molar-refractivity contribution in [3.8, 4) is 0 Å². The van der Waals surface area contributed by atoms with Crippen molar-refractivity contribution in [2.24, 2.45) is 10.8 Å². The van der Waals surface area contributed by atoms with Crippen molar-refractivity contribution >= 4 is 5.78 Å². The highest BCUT2D eigenvalue weighted by Crippen LogP contribution is 2.53. The molecule has 84 valence electrons. The second kappa shape index (κ2) is 3.18. The van der Waals surface area contributed by atoms with Gasteiger partial charge in [0.25, 0.3) is 0 Å². The van der Waals surface area contributed by atoms with Crippen molar-refractivity contribution in [2.75, 3.05) is 0 Å². The fourth-order valence-corrected chi connectivity index (χ4v) is 3.21. The van der Waals surface area contributed by atoms with Crippen LogP contribution in [0.1, 0.15) is 46.5 Å². The summed E-state index contributed by atoms with van der Waals surface area (Å²) in [4.78, 5) is 12.0. The molecule has 2 heteroatoms. The Bertz CT molecular complexity index is 327. The standard InChI is InChI=1S/C13H20O2/c1-12(2)9-5-4-6-11(15)13(9,3)8-7-10(12)14/h5,10,14H,4,6-8H2,1-3H3/t10-,13-/m1/s1. The Hall–Kier alpha value is -0.630. The van der Waals surface area contributed by atoms with Crippen LogP contribution in [0.25, 0.3) is 0 Å². The number of carbonyl (C=O) groups is 1. The van der Waals surface area contributed by atoms with Crippen LogP contribution >= 0.6 is 0 Å². The van der Waals surface area contributed by atoms with Gasteiger partial charge >= 0.3 is 0 Å². The maximum atomic E-state index is 12.0. The Morgan fingerprint density at radius 2 is 2.07 bits per heavy atom. The lowest BCUT2D eigenvalue weighted by molar-refractivity contribution is -0.130. The van der Waals surface area contributed by atoms with Gasteiger partial charge in [-0.05, 0) is 26.2 Å². The summed E-state index contributed by atoms with van der Waals surface area (Å²) in [6.45, 7) is 6.16. The molecule has 0 spiro atoms. The Balaban J connectivity index is 2.47. The molecule has 0 aliphatic heterocycles. The zero-order valence-electron chi connectivity index (χ0n) is 9.84. The normalized spacial score (nSPS) is 39.6. The van der Waals surface area contributed by atoms with E-state index in [4.69, 9.17) is 0 Å². The molecule has 0 radical (unpaired) electrons. The SMILES string of the molecule is CC1(C)C2=CCCC(=O)[C@]2(C)CC[C@H]1O. The summed E-state index contributed by atoms with van der Waals surface area (Å²) in [6.07, 6.45) is 4.95. The van der Waals surface area contributed by atoms with E-state index in [0.717, 1.165) is 19.3 Å². The van der Waals surface area contributed by atoms with Gasteiger partial charge in [-0.3, -0.25) is 4.79 Å². The summed E-state index contributed by atoms with van der Waals surface area (Å²) in [5.74, 6) is 0.361. The van der Waals surface area contributed by atoms with Gasteiger partial charge in [-0.2, -0.15) is 0 Å². The number of aliphatic hydroxyl groups is 1. The first kappa shape index (κ1) is 10.9. The molecule has 2 rings (SSSR count). The van der Waals surface area contributed by atoms with Crippen LogP contribution in [0.4, 0.5) is 0 Å². The summed E-state index contributed by atoms with van der Waals surface area (Å²) < 4.78 is 0. The first-order valence-electron chi connectivity index (χ1n) is 5.81. The molecular formula is C13H20O2. The molecule has 1 N–H and O–H groups in total. The molecule has 15 heavy (non-hydrogen) atoms. The Kier molecular flexibility index (Phi) is 2.30. The second-order valence-corrected chi connectivity index (χ2v) is 5.69. The average Bonchev–Trinajstić information content (AvgIpc) is 2.16. The van der Waals surface area contributed by atoms with Gasteiger partial charge in [0.2, 0.25) is 0 Å². The highest BCUT2D eigenvalue weighted by molar-refractivity contribution is 5.89. The highest BCUT2D eigenvalue weighted by atomic mass is 16.3. The van der Waals surface area contributed by atoms with Gasteiger partial charge in [0, 0.05) is 17.3 Å². The zero-order chi connectivity index (χ0) is 11.3. The lowest BCUT2D eigenvalue weighted by Crippen LogP contribution is -2.48. The van der Waals surface area contributed by atoms with E-state index in [1.54, 1.807) is 0 Å². The first-order valence-corrected chi connectivity index (χ1v) is 5.81. The molecule has 0 aromatic carbocycles. The maximum absolute atomic E-state index is 12.0. The monoisotopic (exact) mass is 208 g/mol. The van der Waals surface area contributed by atoms with E-state index in [2.05, 4.69) is 19.9 Å². The number of fused-ring (bicyclic) bond motifs is 1. The smallest absolute Gasteiger partial charge is 0.143 e. The van der Waals surface area contributed by atoms with E-state index in [1.165, 1.54) is 5.57 Å². The van der Waals surface area contributed by atoms with Gasteiger partial charge in [0.1, 0.15) is 5.78 Å². The van der Waals surface area contributed by atoms with Crippen LogP contribution in [-0.2, 0) is 4.79 Å². The molecule has 2 aliphatic rings. The van der Waals surface area contributed by atoms with Crippen LogP contribution in [0.15, 0.2) is 11.6 Å². The fraction of sp³-hybridized carbons (Fsp3) is 0.769. The molecule has 2 aliphatic carbocycles. The molecule has 0 bridgehead atoms. The maximum Gasteiger partial charge on any atom is 0.143 e. The molecule has 2 nitrogen and oxygen atoms in total. The van der Waals surface area contributed by atoms with Gasteiger partial charge in [-0.1, -0.05) is 25.5 Å². The summed E-state index contributed by atoms with van der Waals surface area (Å²) in [6, 6.07) is 0. The van der Waals surface area contributed by atoms with Gasteiger partial charge in [-0.15, -0.1) is 0 Å². The van der Waals surface area contributed by atoms with Gasteiger partial charge in [0.15, 0.2) is 0 Å². The molecular weight excluding hydrogens is 188 g/mol. The Morgan fingerprint density at radius 1 is 1.40 bits per heavy atom. The number of aliphatic hydroxyl groups excluding tert-OH is 1. The first-order chi connectivity index (χ1) is 6.89. The minimum atomic E-state index is -0.303. The third-order valence-electron chi connectivity index (χ3n) is 4.37. The number of Topliss-reactive ketones (excluding diaryl/α,β-unsaturated/α-hetero) is 1. The summed E-state index contributed by atoms with van der Waals surface area (Å²) in [5, 5.41) is 10.0. The molecule has 0 heterocycles. The number of rotatable bonds is 0. The molecule has 0 aromatic rings. The predicted octanol–water partition coefficient (Wildman–Crippen LogP) is 2.46. The molecule has 1 fully saturated rings. The van der Waals surface area contributed by atoms with Gasteiger partial charge < -0.3 is 5.11 Å². The van der Waals surface area contributed by atoms with E-state index in [9.17, 15) is 9.90 Å². The van der Waals surface area contributed by atoms with Crippen LogP contribution in [-0.4, -0.2) is 17.0 Å². The number of allylic oxidation sites excluding steroid dienone is 1. The van der Waals surface area contributed by atoms with E-state index < -0.39 is 0 Å². The summed E-state index contributed by atoms with van der Waals surface area (Å²) >= 11 is 0. The topological polar surface area (TPSA) is 37.3 Å². The van der Waals surface area contributed by atoms with E-state index >= 15 is 0 Å². The third-order valence-corrected chi connectivity index (χ3v) is 4.37. The minimum Gasteiger partial charge on any atom is -0.392 e. The summed E-state index contributed by atoms with van der Waals surface area (Å²) in [5.41, 5.74) is 0.648. The molecule has 1 saturated carbocycles. The average molecular weight is 208 g/mol. The highest BCUT2D eigenvalue weighted by Gasteiger charge is 2.50. The van der Waals surface area contributed by atoms with Crippen LogP contribution < -0.4 is 0 Å². The molecule has 0 saturated heterocycles. The largest absolute Gasteiger partial charge is 0.392 e. The van der Waals surface area contributed by atoms with Crippen molar-refractivity contribution < 1.29 is 9.90 Å². The number of hydrogen-bond acceptors (Lipinski definition) is 2. The quantitative estimate of drug-likeness (QED) is 0.621. The number of carbonyl (C=O) groups excluding carboxylic acids is 1. The zero-order valence-corrected chi connectivity index (χ0v) is 9.84. The van der Waals surface area contributed by atoms with Gasteiger partial charge in [-0.25, -0.2) is 0 Å². The van der Waals surface area contributed by atoms with Crippen LogP contribution in [0.5, 0.6) is 0 Å². The Morgan fingerprint density at radius 3 is 2.73 bits per heavy atom. The van der Waals surface area contributed by atoms with Crippen LogP contribution in [0, 0.1) is 10.8 Å².